The van der Waals surface area contributed by atoms with Crippen molar-refractivity contribution in [3.05, 3.63) is 34.1 Å². The molecule has 0 amide bonds. The van der Waals surface area contributed by atoms with Gasteiger partial charge in [-0.15, -0.1) is 0 Å². The van der Waals surface area contributed by atoms with Gasteiger partial charge in [-0.3, -0.25) is 0 Å². The molecule has 0 aliphatic rings. The molecule has 1 rings (SSSR count). The monoisotopic (exact) mass is 319 g/mol. The van der Waals surface area contributed by atoms with Crippen molar-refractivity contribution in [3.63, 3.8) is 0 Å². The Morgan fingerprint density at radius 1 is 1.44 bits per heavy atom. The summed E-state index contributed by atoms with van der Waals surface area (Å²) in [6.07, 6.45) is 0.882. The lowest BCUT2D eigenvalue weighted by molar-refractivity contribution is 0.0904. The molecule has 0 aromatic heterocycles. The van der Waals surface area contributed by atoms with Crippen LogP contribution in [0.1, 0.15) is 24.9 Å². The van der Waals surface area contributed by atoms with Crippen LogP contribution >= 0.6 is 15.9 Å². The van der Waals surface area contributed by atoms with Gasteiger partial charge in [0.15, 0.2) is 0 Å². The Hall–Kier alpha value is -0.490. The number of aliphatic hydroxyl groups excluding tert-OH is 1. The number of halogens is 2. The third-order valence-electron chi connectivity index (χ3n) is 2.60. The summed E-state index contributed by atoms with van der Waals surface area (Å²) in [6.45, 7) is 3.94. The van der Waals surface area contributed by atoms with E-state index < -0.39 is 0 Å². The Morgan fingerprint density at radius 3 is 2.89 bits per heavy atom. The molecule has 0 saturated heterocycles. The van der Waals surface area contributed by atoms with Gasteiger partial charge in [0.25, 0.3) is 0 Å². The number of ether oxygens (including phenoxy) is 1. The Kier molecular flexibility index (Phi) is 7.42. The van der Waals surface area contributed by atoms with E-state index in [2.05, 4.69) is 21.2 Å². The van der Waals surface area contributed by atoms with Crippen LogP contribution in [0.25, 0.3) is 0 Å². The topological polar surface area (TPSA) is 41.5 Å². The fourth-order valence-electron chi connectivity index (χ4n) is 1.56. The van der Waals surface area contributed by atoms with E-state index in [1.807, 2.05) is 6.92 Å². The predicted octanol–water partition coefficient (Wildman–Crippen LogP) is 2.64. The highest BCUT2D eigenvalue weighted by Gasteiger charge is 2.07. The number of benzene rings is 1. The lowest BCUT2D eigenvalue weighted by Crippen LogP contribution is -2.21. The lowest BCUT2D eigenvalue weighted by atomic mass is 10.1. The summed E-state index contributed by atoms with van der Waals surface area (Å²) in [7, 11) is 0. The molecule has 1 unspecified atom stereocenters. The molecule has 0 heterocycles. The Balaban J connectivity index is 2.27. The zero-order chi connectivity index (χ0) is 13.4. The second-order valence-electron chi connectivity index (χ2n) is 4.04. The molecular weight excluding hydrogens is 301 g/mol. The summed E-state index contributed by atoms with van der Waals surface area (Å²) in [5.74, 6) is -0.247. The average Bonchev–Trinajstić information content (AvgIpc) is 2.36. The van der Waals surface area contributed by atoms with E-state index in [-0.39, 0.29) is 18.5 Å². The molecule has 1 atom stereocenters. The fraction of sp³-hybridized carbons (Fsp3) is 0.538. The summed E-state index contributed by atoms with van der Waals surface area (Å²) < 4.78 is 18.7. The third-order valence-corrected chi connectivity index (χ3v) is 3.20. The summed E-state index contributed by atoms with van der Waals surface area (Å²) in [4.78, 5) is 0. The number of rotatable bonds is 8. The molecule has 0 bridgehead atoms. The van der Waals surface area contributed by atoms with Gasteiger partial charge in [-0.1, -0.05) is 6.07 Å². The summed E-state index contributed by atoms with van der Waals surface area (Å²) in [5.41, 5.74) is 1.04. The van der Waals surface area contributed by atoms with Crippen molar-refractivity contribution in [3.8, 4) is 0 Å². The molecule has 0 fully saturated rings. The molecule has 0 aliphatic carbocycles. The normalized spacial score (nSPS) is 12.7. The molecule has 102 valence electrons. The van der Waals surface area contributed by atoms with Crippen LogP contribution in [0, 0.1) is 5.82 Å². The van der Waals surface area contributed by atoms with Gasteiger partial charge < -0.3 is 15.2 Å². The maximum absolute atomic E-state index is 13.1. The third kappa shape index (κ3) is 5.44. The molecule has 1 aromatic carbocycles. The highest BCUT2D eigenvalue weighted by molar-refractivity contribution is 9.10. The first-order valence-corrected chi connectivity index (χ1v) is 6.81. The molecule has 0 saturated carbocycles. The van der Waals surface area contributed by atoms with E-state index in [0.29, 0.717) is 17.7 Å². The SMILES string of the molecule is CC(NCCCOCCO)c1ccc(F)c(Br)c1. The van der Waals surface area contributed by atoms with Gasteiger partial charge in [-0.25, -0.2) is 4.39 Å². The molecule has 0 aliphatic heterocycles. The number of aliphatic hydroxyl groups is 1. The van der Waals surface area contributed by atoms with Gasteiger partial charge in [-0.05, 0) is 53.5 Å². The van der Waals surface area contributed by atoms with E-state index in [1.165, 1.54) is 6.07 Å². The lowest BCUT2D eigenvalue weighted by Gasteiger charge is -2.14. The molecule has 5 heteroatoms. The standard InChI is InChI=1S/C13H19BrFNO2/c1-10(16-5-2-7-18-8-6-17)11-3-4-13(15)12(14)9-11/h3-4,9-10,16-17H,2,5-8H2,1H3. The Bertz CT molecular complexity index is 363. The Labute approximate surface area is 115 Å². The van der Waals surface area contributed by atoms with Crippen molar-refractivity contribution >= 4 is 15.9 Å². The highest BCUT2D eigenvalue weighted by Crippen LogP contribution is 2.21. The molecule has 2 N–H and O–H groups in total. The van der Waals surface area contributed by atoms with Crippen LogP contribution in [0.4, 0.5) is 4.39 Å². The van der Waals surface area contributed by atoms with Crippen LogP contribution in [0.2, 0.25) is 0 Å². The first-order chi connectivity index (χ1) is 8.65. The molecule has 0 radical (unpaired) electrons. The smallest absolute Gasteiger partial charge is 0.137 e. The quantitative estimate of drug-likeness (QED) is 0.724. The predicted molar refractivity (Wildman–Crippen MR) is 73.0 cm³/mol. The van der Waals surface area contributed by atoms with E-state index in [9.17, 15) is 4.39 Å². The van der Waals surface area contributed by atoms with Crippen LogP contribution in [0.15, 0.2) is 22.7 Å². The largest absolute Gasteiger partial charge is 0.394 e. The maximum atomic E-state index is 13.1. The minimum atomic E-state index is -0.247. The average molecular weight is 320 g/mol. The molecule has 0 spiro atoms. The molecular formula is C13H19BrFNO2. The highest BCUT2D eigenvalue weighted by atomic mass is 79.9. The van der Waals surface area contributed by atoms with Crippen LogP contribution in [0.3, 0.4) is 0 Å². The summed E-state index contributed by atoms with van der Waals surface area (Å²) in [5, 5.41) is 11.9. The van der Waals surface area contributed by atoms with Crippen LogP contribution in [-0.2, 0) is 4.74 Å². The van der Waals surface area contributed by atoms with Crippen LogP contribution < -0.4 is 5.32 Å². The molecule has 18 heavy (non-hydrogen) atoms. The van der Waals surface area contributed by atoms with Gasteiger partial charge in [0.2, 0.25) is 0 Å². The van der Waals surface area contributed by atoms with Crippen LogP contribution in [-0.4, -0.2) is 31.5 Å². The van der Waals surface area contributed by atoms with Crippen molar-refractivity contribution in [1.82, 2.24) is 5.32 Å². The van der Waals surface area contributed by atoms with E-state index in [0.717, 1.165) is 18.5 Å². The minimum Gasteiger partial charge on any atom is -0.394 e. The summed E-state index contributed by atoms with van der Waals surface area (Å²) in [6, 6.07) is 5.19. The van der Waals surface area contributed by atoms with Gasteiger partial charge >= 0.3 is 0 Å². The Morgan fingerprint density at radius 2 is 2.22 bits per heavy atom. The second kappa shape index (κ2) is 8.58. The van der Waals surface area contributed by atoms with Crippen molar-refractivity contribution in [2.45, 2.75) is 19.4 Å². The number of nitrogens with one attached hydrogen (secondary N) is 1. The zero-order valence-electron chi connectivity index (χ0n) is 10.5. The van der Waals surface area contributed by atoms with Crippen molar-refractivity contribution in [2.75, 3.05) is 26.4 Å². The summed E-state index contributed by atoms with van der Waals surface area (Å²) >= 11 is 3.18. The van der Waals surface area contributed by atoms with Crippen molar-refractivity contribution < 1.29 is 14.2 Å². The zero-order valence-corrected chi connectivity index (χ0v) is 12.0. The van der Waals surface area contributed by atoms with Gasteiger partial charge in [-0.2, -0.15) is 0 Å². The van der Waals surface area contributed by atoms with E-state index >= 15 is 0 Å². The maximum Gasteiger partial charge on any atom is 0.137 e. The van der Waals surface area contributed by atoms with Crippen LogP contribution in [0.5, 0.6) is 0 Å². The molecule has 1 aromatic rings. The van der Waals surface area contributed by atoms with Gasteiger partial charge in [0.05, 0.1) is 17.7 Å². The van der Waals surface area contributed by atoms with E-state index in [4.69, 9.17) is 9.84 Å². The first-order valence-electron chi connectivity index (χ1n) is 6.02. The number of hydrogen-bond donors (Lipinski definition) is 2. The van der Waals surface area contributed by atoms with E-state index in [1.54, 1.807) is 12.1 Å². The minimum absolute atomic E-state index is 0.0629. The molecule has 3 nitrogen and oxygen atoms in total. The second-order valence-corrected chi connectivity index (χ2v) is 4.89. The van der Waals surface area contributed by atoms with Crippen molar-refractivity contribution in [1.29, 1.82) is 0 Å². The van der Waals surface area contributed by atoms with Crippen molar-refractivity contribution in [2.24, 2.45) is 0 Å². The van der Waals surface area contributed by atoms with Gasteiger partial charge in [0.1, 0.15) is 5.82 Å². The fourth-order valence-corrected chi connectivity index (χ4v) is 1.96. The van der Waals surface area contributed by atoms with Gasteiger partial charge in [0, 0.05) is 12.6 Å². The number of hydrogen-bond acceptors (Lipinski definition) is 3. The first kappa shape index (κ1) is 15.6.